The molecule has 19 heavy (non-hydrogen) atoms. The number of cyclic esters (lactones) is 1. The van der Waals surface area contributed by atoms with Crippen LogP contribution in [0.3, 0.4) is 0 Å². The van der Waals surface area contributed by atoms with Gasteiger partial charge >= 0.3 is 6.09 Å². The van der Waals surface area contributed by atoms with Gasteiger partial charge in [0.25, 0.3) is 0 Å². The summed E-state index contributed by atoms with van der Waals surface area (Å²) in [6.45, 7) is 6.31. The number of ether oxygens (including phenoxy) is 2. The third-order valence-electron chi connectivity index (χ3n) is 3.52. The fourth-order valence-corrected chi connectivity index (χ4v) is 1.99. The van der Waals surface area contributed by atoms with E-state index in [9.17, 15) is 4.79 Å². The largest absolute Gasteiger partial charge is 0.447 e. The number of hydrogen-bond acceptors (Lipinski definition) is 3. The van der Waals surface area contributed by atoms with Gasteiger partial charge in [0.2, 0.25) is 0 Å². The van der Waals surface area contributed by atoms with Crippen LogP contribution in [0.1, 0.15) is 37.3 Å². The van der Waals surface area contributed by atoms with Crippen LogP contribution in [0.15, 0.2) is 24.3 Å². The van der Waals surface area contributed by atoms with Gasteiger partial charge in [-0.25, -0.2) is 4.79 Å². The van der Waals surface area contributed by atoms with Crippen molar-refractivity contribution < 1.29 is 14.3 Å². The van der Waals surface area contributed by atoms with E-state index in [1.54, 1.807) is 4.90 Å². The van der Waals surface area contributed by atoms with Crippen LogP contribution < -0.4 is 0 Å². The Bertz CT molecular complexity index is 416. The monoisotopic (exact) mass is 263 g/mol. The zero-order valence-corrected chi connectivity index (χ0v) is 11.6. The average Bonchev–Trinajstić information content (AvgIpc) is 2.84. The molecule has 104 valence electrons. The van der Waals surface area contributed by atoms with E-state index >= 15 is 0 Å². The molecular weight excluding hydrogens is 242 g/mol. The molecule has 0 N–H and O–H groups in total. The second-order valence-corrected chi connectivity index (χ2v) is 4.91. The quantitative estimate of drug-likeness (QED) is 0.791. The molecule has 1 amide bonds. The Balaban J connectivity index is 1.78. The highest BCUT2D eigenvalue weighted by molar-refractivity contribution is 5.69. The first-order valence-corrected chi connectivity index (χ1v) is 6.79. The predicted molar refractivity (Wildman–Crippen MR) is 72.9 cm³/mol. The van der Waals surface area contributed by atoms with Crippen LogP contribution in [0.5, 0.6) is 0 Å². The number of benzene rings is 1. The Kier molecular flexibility index (Phi) is 4.80. The normalized spacial score (nSPS) is 16.5. The van der Waals surface area contributed by atoms with Crippen molar-refractivity contribution in [2.45, 2.75) is 32.8 Å². The number of amides is 1. The fraction of sp³-hybridized carbons (Fsp3) is 0.533. The minimum atomic E-state index is -0.285. The molecule has 0 aromatic heterocycles. The smallest absolute Gasteiger partial charge is 0.411 e. The number of carbonyl (C=O) groups is 1. The standard InChI is InChI=1S/C15H21NO3/c1-3-12(2)14-6-4-13(5-7-14)10-18-11-16-8-9-19-15(16)17/h4-7,12H,3,8-11H2,1-2H3. The van der Waals surface area contributed by atoms with Gasteiger partial charge < -0.3 is 9.47 Å². The van der Waals surface area contributed by atoms with E-state index in [1.807, 2.05) is 0 Å². The Morgan fingerprint density at radius 3 is 2.68 bits per heavy atom. The van der Waals surface area contributed by atoms with E-state index in [4.69, 9.17) is 9.47 Å². The summed E-state index contributed by atoms with van der Waals surface area (Å²) in [5, 5.41) is 0. The van der Waals surface area contributed by atoms with Gasteiger partial charge in [-0.05, 0) is 23.5 Å². The summed E-state index contributed by atoms with van der Waals surface area (Å²) >= 11 is 0. The third-order valence-corrected chi connectivity index (χ3v) is 3.52. The Morgan fingerprint density at radius 2 is 2.11 bits per heavy atom. The maximum Gasteiger partial charge on any atom is 0.411 e. The summed E-state index contributed by atoms with van der Waals surface area (Å²) in [4.78, 5) is 12.8. The molecule has 1 fully saturated rings. The first-order valence-electron chi connectivity index (χ1n) is 6.79. The highest BCUT2D eigenvalue weighted by atomic mass is 16.6. The lowest BCUT2D eigenvalue weighted by Gasteiger charge is -2.13. The molecule has 1 aliphatic heterocycles. The maximum absolute atomic E-state index is 11.2. The molecule has 0 spiro atoms. The summed E-state index contributed by atoms with van der Waals surface area (Å²) < 4.78 is 10.4. The van der Waals surface area contributed by atoms with Gasteiger partial charge in [-0.3, -0.25) is 4.90 Å². The lowest BCUT2D eigenvalue weighted by atomic mass is 9.98. The molecule has 0 radical (unpaired) electrons. The Labute approximate surface area is 114 Å². The number of rotatable bonds is 6. The van der Waals surface area contributed by atoms with Crippen molar-refractivity contribution in [2.24, 2.45) is 0 Å². The summed E-state index contributed by atoms with van der Waals surface area (Å²) in [7, 11) is 0. The van der Waals surface area contributed by atoms with Gasteiger partial charge in [0.1, 0.15) is 13.3 Å². The van der Waals surface area contributed by atoms with E-state index in [-0.39, 0.29) is 6.09 Å². The lowest BCUT2D eigenvalue weighted by Crippen LogP contribution is -2.26. The second-order valence-electron chi connectivity index (χ2n) is 4.91. The number of nitrogens with zero attached hydrogens (tertiary/aromatic N) is 1. The van der Waals surface area contributed by atoms with E-state index in [1.165, 1.54) is 5.56 Å². The lowest BCUT2D eigenvalue weighted by molar-refractivity contribution is 0.0422. The minimum absolute atomic E-state index is 0.285. The topological polar surface area (TPSA) is 38.8 Å². The molecule has 1 heterocycles. The molecule has 1 aliphatic rings. The van der Waals surface area contributed by atoms with Gasteiger partial charge in [-0.1, -0.05) is 38.1 Å². The first-order chi connectivity index (χ1) is 9.20. The van der Waals surface area contributed by atoms with E-state index in [0.717, 1.165) is 12.0 Å². The van der Waals surface area contributed by atoms with Gasteiger partial charge in [0.15, 0.2) is 0 Å². The molecule has 0 bridgehead atoms. The maximum atomic E-state index is 11.2. The van der Waals surface area contributed by atoms with Crippen LogP contribution >= 0.6 is 0 Å². The van der Waals surface area contributed by atoms with Gasteiger partial charge in [0.05, 0.1) is 13.2 Å². The molecular formula is C15H21NO3. The van der Waals surface area contributed by atoms with E-state index in [2.05, 4.69) is 38.1 Å². The molecule has 1 aromatic rings. The number of carbonyl (C=O) groups excluding carboxylic acids is 1. The second kappa shape index (κ2) is 6.57. The molecule has 4 nitrogen and oxygen atoms in total. The van der Waals surface area contributed by atoms with Crippen molar-refractivity contribution in [2.75, 3.05) is 19.9 Å². The molecule has 1 saturated heterocycles. The predicted octanol–water partition coefficient (Wildman–Crippen LogP) is 3.13. The highest BCUT2D eigenvalue weighted by Gasteiger charge is 2.21. The van der Waals surface area contributed by atoms with Crippen LogP contribution in [-0.2, 0) is 16.1 Å². The zero-order chi connectivity index (χ0) is 13.7. The Morgan fingerprint density at radius 1 is 1.37 bits per heavy atom. The summed E-state index contributed by atoms with van der Waals surface area (Å²) in [5.41, 5.74) is 2.48. The first kappa shape index (κ1) is 13.9. The SMILES string of the molecule is CCC(C)c1ccc(COCN2CCOC2=O)cc1. The molecule has 1 aromatic carbocycles. The minimum Gasteiger partial charge on any atom is -0.447 e. The summed E-state index contributed by atoms with van der Waals surface area (Å²) in [6, 6.07) is 8.47. The van der Waals surface area contributed by atoms with Crippen molar-refractivity contribution in [3.8, 4) is 0 Å². The van der Waals surface area contributed by atoms with Crippen LogP contribution in [0.2, 0.25) is 0 Å². The van der Waals surface area contributed by atoms with Gasteiger partial charge in [0, 0.05) is 0 Å². The van der Waals surface area contributed by atoms with Gasteiger partial charge in [-0.15, -0.1) is 0 Å². The van der Waals surface area contributed by atoms with Crippen LogP contribution in [0, 0.1) is 0 Å². The zero-order valence-electron chi connectivity index (χ0n) is 11.6. The molecule has 4 heteroatoms. The highest BCUT2D eigenvalue weighted by Crippen LogP contribution is 2.19. The Hall–Kier alpha value is -1.55. The van der Waals surface area contributed by atoms with Crippen molar-refractivity contribution in [3.05, 3.63) is 35.4 Å². The summed E-state index contributed by atoms with van der Waals surface area (Å²) in [5.74, 6) is 0.592. The van der Waals surface area contributed by atoms with Crippen molar-refractivity contribution >= 4 is 6.09 Å². The molecule has 0 aliphatic carbocycles. The third kappa shape index (κ3) is 3.70. The van der Waals surface area contributed by atoms with Crippen molar-refractivity contribution in [3.63, 3.8) is 0 Å². The van der Waals surface area contributed by atoms with Crippen molar-refractivity contribution in [1.82, 2.24) is 4.90 Å². The van der Waals surface area contributed by atoms with Crippen LogP contribution in [-0.4, -0.2) is 30.9 Å². The fourth-order valence-electron chi connectivity index (χ4n) is 1.99. The molecule has 1 unspecified atom stereocenters. The van der Waals surface area contributed by atoms with Crippen LogP contribution in [0.25, 0.3) is 0 Å². The number of hydrogen-bond donors (Lipinski definition) is 0. The molecule has 2 rings (SSSR count). The van der Waals surface area contributed by atoms with Gasteiger partial charge in [-0.2, -0.15) is 0 Å². The van der Waals surface area contributed by atoms with Crippen molar-refractivity contribution in [1.29, 1.82) is 0 Å². The summed E-state index contributed by atoms with van der Waals surface area (Å²) in [6.07, 6.45) is 0.861. The molecule has 0 saturated carbocycles. The van der Waals surface area contributed by atoms with E-state index in [0.29, 0.717) is 32.4 Å². The average molecular weight is 263 g/mol. The molecule has 1 atom stereocenters. The van der Waals surface area contributed by atoms with Crippen LogP contribution in [0.4, 0.5) is 4.79 Å². The van der Waals surface area contributed by atoms with E-state index < -0.39 is 0 Å².